The van der Waals surface area contributed by atoms with Gasteiger partial charge in [0.05, 0.1) is 16.8 Å². The molecule has 0 saturated heterocycles. The molecule has 2 aromatic heterocycles. The van der Waals surface area contributed by atoms with Gasteiger partial charge in [-0.05, 0) is 12.1 Å². The maximum Gasteiger partial charge on any atom is 0.141 e. The summed E-state index contributed by atoms with van der Waals surface area (Å²) in [5.74, 6) is 0.676. The average Bonchev–Trinajstić information content (AvgIpc) is 2.74. The van der Waals surface area contributed by atoms with Crippen molar-refractivity contribution < 1.29 is 0 Å². The van der Waals surface area contributed by atoms with E-state index in [2.05, 4.69) is 19.9 Å². The van der Waals surface area contributed by atoms with Crippen molar-refractivity contribution in [3.05, 3.63) is 35.9 Å². The second-order valence-corrected chi connectivity index (χ2v) is 4.04. The number of fused-ring (bicyclic) bond motifs is 1. The van der Waals surface area contributed by atoms with Crippen molar-refractivity contribution in [2.45, 2.75) is 0 Å². The van der Waals surface area contributed by atoms with Gasteiger partial charge in [-0.3, -0.25) is 0 Å². The molecule has 0 unspecified atom stereocenters. The van der Waals surface area contributed by atoms with Gasteiger partial charge in [-0.25, -0.2) is 15.0 Å². The maximum absolute atomic E-state index is 5.93. The number of benzene rings is 1. The molecule has 0 amide bonds. The first kappa shape index (κ1) is 10.0. The van der Waals surface area contributed by atoms with Gasteiger partial charge >= 0.3 is 0 Å². The monoisotopic (exact) mass is 245 g/mol. The summed E-state index contributed by atoms with van der Waals surface area (Å²) in [6.45, 7) is 0. The standard InChI is InChI=1S/C11H8ClN5/c12-7-1-8(13)10-9(2-7)16-11(17-10)6-3-14-5-15-4-6/h1-5H,13H2,(H,16,17). The number of rotatable bonds is 1. The summed E-state index contributed by atoms with van der Waals surface area (Å²) in [6, 6.07) is 3.46. The van der Waals surface area contributed by atoms with E-state index in [1.807, 2.05) is 0 Å². The zero-order chi connectivity index (χ0) is 11.8. The molecule has 0 radical (unpaired) electrons. The van der Waals surface area contributed by atoms with Crippen LogP contribution in [0, 0.1) is 0 Å². The molecule has 2 heterocycles. The Morgan fingerprint density at radius 2 is 1.94 bits per heavy atom. The molecule has 3 rings (SSSR count). The van der Waals surface area contributed by atoms with E-state index >= 15 is 0 Å². The lowest BCUT2D eigenvalue weighted by Crippen LogP contribution is -1.86. The van der Waals surface area contributed by atoms with Crippen LogP contribution < -0.4 is 5.73 Å². The number of hydrogen-bond donors (Lipinski definition) is 2. The number of anilines is 1. The van der Waals surface area contributed by atoms with Gasteiger partial charge < -0.3 is 10.7 Å². The van der Waals surface area contributed by atoms with Crippen LogP contribution in [-0.2, 0) is 0 Å². The van der Waals surface area contributed by atoms with Crippen LogP contribution in [0.3, 0.4) is 0 Å². The van der Waals surface area contributed by atoms with Crippen molar-refractivity contribution in [3.63, 3.8) is 0 Å². The fourth-order valence-corrected chi connectivity index (χ4v) is 1.89. The summed E-state index contributed by atoms with van der Waals surface area (Å²) in [4.78, 5) is 15.4. The fraction of sp³-hybridized carbons (Fsp3) is 0. The minimum absolute atomic E-state index is 0.548. The number of aromatic amines is 1. The van der Waals surface area contributed by atoms with E-state index in [1.165, 1.54) is 6.33 Å². The Morgan fingerprint density at radius 1 is 1.18 bits per heavy atom. The van der Waals surface area contributed by atoms with E-state index in [9.17, 15) is 0 Å². The fourth-order valence-electron chi connectivity index (χ4n) is 1.67. The summed E-state index contributed by atoms with van der Waals surface area (Å²) < 4.78 is 0. The average molecular weight is 246 g/mol. The van der Waals surface area contributed by atoms with Crippen molar-refractivity contribution >= 4 is 28.3 Å². The Labute approximate surface area is 102 Å². The highest BCUT2D eigenvalue weighted by atomic mass is 35.5. The number of nitrogens with two attached hydrogens (primary N) is 1. The van der Waals surface area contributed by atoms with E-state index in [1.54, 1.807) is 24.5 Å². The van der Waals surface area contributed by atoms with E-state index in [-0.39, 0.29) is 0 Å². The lowest BCUT2D eigenvalue weighted by atomic mass is 10.3. The SMILES string of the molecule is Nc1cc(Cl)cc2[nH]c(-c3cncnc3)nc12. The second kappa shape index (κ2) is 3.71. The molecule has 0 aliphatic carbocycles. The van der Waals surface area contributed by atoms with Crippen LogP contribution in [0.1, 0.15) is 0 Å². The third-order valence-corrected chi connectivity index (χ3v) is 2.63. The molecule has 0 saturated carbocycles. The number of halogens is 1. The molecule has 0 aliphatic rings. The first-order valence-corrected chi connectivity index (χ1v) is 5.32. The number of imidazole rings is 1. The Kier molecular flexibility index (Phi) is 2.19. The van der Waals surface area contributed by atoms with Crippen LogP contribution >= 0.6 is 11.6 Å². The van der Waals surface area contributed by atoms with Crippen molar-refractivity contribution in [2.24, 2.45) is 0 Å². The van der Waals surface area contributed by atoms with Gasteiger partial charge in [0.1, 0.15) is 17.7 Å². The van der Waals surface area contributed by atoms with Crippen LogP contribution in [-0.4, -0.2) is 19.9 Å². The van der Waals surface area contributed by atoms with Gasteiger partial charge in [0.15, 0.2) is 0 Å². The molecule has 3 N–H and O–H groups in total. The Balaban J connectivity index is 2.24. The van der Waals surface area contributed by atoms with Gasteiger partial charge in [-0.1, -0.05) is 11.6 Å². The van der Waals surface area contributed by atoms with Gasteiger partial charge in [0.25, 0.3) is 0 Å². The lowest BCUT2D eigenvalue weighted by molar-refractivity contribution is 1.15. The van der Waals surface area contributed by atoms with E-state index in [4.69, 9.17) is 17.3 Å². The molecule has 0 fully saturated rings. The molecule has 3 aromatic rings. The quantitative estimate of drug-likeness (QED) is 0.645. The number of hydrogen-bond acceptors (Lipinski definition) is 4. The van der Waals surface area contributed by atoms with Crippen LogP contribution in [0.4, 0.5) is 5.69 Å². The minimum Gasteiger partial charge on any atom is -0.397 e. The molecule has 17 heavy (non-hydrogen) atoms. The zero-order valence-electron chi connectivity index (χ0n) is 8.68. The van der Waals surface area contributed by atoms with Crippen molar-refractivity contribution in [1.29, 1.82) is 0 Å². The third-order valence-electron chi connectivity index (χ3n) is 2.41. The summed E-state index contributed by atoms with van der Waals surface area (Å²) >= 11 is 5.93. The Hall–Kier alpha value is -2.14. The molecule has 0 bridgehead atoms. The molecule has 84 valence electrons. The number of H-pyrrole nitrogens is 1. The van der Waals surface area contributed by atoms with Gasteiger partial charge in [-0.2, -0.15) is 0 Å². The molecule has 5 nitrogen and oxygen atoms in total. The summed E-state index contributed by atoms with van der Waals surface area (Å²) in [5, 5.41) is 0.578. The van der Waals surface area contributed by atoms with Gasteiger partial charge in [0, 0.05) is 17.4 Å². The number of aromatic nitrogens is 4. The predicted octanol–water partition coefficient (Wildman–Crippen LogP) is 2.26. The highest BCUT2D eigenvalue weighted by Crippen LogP contribution is 2.26. The van der Waals surface area contributed by atoms with E-state index < -0.39 is 0 Å². The summed E-state index contributed by atoms with van der Waals surface area (Å²) in [6.07, 6.45) is 4.84. The highest BCUT2D eigenvalue weighted by molar-refractivity contribution is 6.31. The molecule has 0 spiro atoms. The minimum atomic E-state index is 0.548. The van der Waals surface area contributed by atoms with Crippen LogP contribution in [0.25, 0.3) is 22.4 Å². The van der Waals surface area contributed by atoms with Crippen molar-refractivity contribution in [3.8, 4) is 11.4 Å². The Bertz CT molecular complexity index is 677. The lowest BCUT2D eigenvalue weighted by Gasteiger charge is -1.94. The van der Waals surface area contributed by atoms with Crippen molar-refractivity contribution in [1.82, 2.24) is 19.9 Å². The van der Waals surface area contributed by atoms with E-state index in [0.29, 0.717) is 22.1 Å². The van der Waals surface area contributed by atoms with Crippen LogP contribution in [0.15, 0.2) is 30.9 Å². The third kappa shape index (κ3) is 1.70. The second-order valence-electron chi connectivity index (χ2n) is 3.60. The topological polar surface area (TPSA) is 80.5 Å². The molecule has 0 atom stereocenters. The number of nitrogens with zero attached hydrogens (tertiary/aromatic N) is 3. The summed E-state index contributed by atoms with van der Waals surface area (Å²) in [7, 11) is 0. The highest BCUT2D eigenvalue weighted by Gasteiger charge is 2.08. The molecular formula is C11H8ClN5. The molecule has 0 aliphatic heterocycles. The normalized spacial score (nSPS) is 10.9. The number of nitrogen functional groups attached to an aromatic ring is 1. The smallest absolute Gasteiger partial charge is 0.141 e. The largest absolute Gasteiger partial charge is 0.397 e. The van der Waals surface area contributed by atoms with Crippen molar-refractivity contribution in [2.75, 3.05) is 5.73 Å². The van der Waals surface area contributed by atoms with Crippen LogP contribution in [0.2, 0.25) is 5.02 Å². The summed E-state index contributed by atoms with van der Waals surface area (Å²) in [5.41, 5.74) is 8.71. The van der Waals surface area contributed by atoms with E-state index in [0.717, 1.165) is 11.1 Å². The number of nitrogens with one attached hydrogen (secondary N) is 1. The maximum atomic E-state index is 5.93. The Morgan fingerprint density at radius 3 is 2.71 bits per heavy atom. The van der Waals surface area contributed by atoms with Crippen LogP contribution in [0.5, 0.6) is 0 Å². The first-order valence-electron chi connectivity index (χ1n) is 4.94. The molecule has 1 aromatic carbocycles. The van der Waals surface area contributed by atoms with Gasteiger partial charge in [-0.15, -0.1) is 0 Å². The molecular weight excluding hydrogens is 238 g/mol. The first-order chi connectivity index (χ1) is 8.24. The zero-order valence-corrected chi connectivity index (χ0v) is 9.44. The predicted molar refractivity (Wildman–Crippen MR) is 66.5 cm³/mol. The molecule has 6 heteroatoms. The van der Waals surface area contributed by atoms with Gasteiger partial charge in [0.2, 0.25) is 0 Å².